The molecule has 0 atom stereocenters. The Bertz CT molecular complexity index is 147. The van der Waals surface area contributed by atoms with Crippen molar-refractivity contribution in [1.29, 1.82) is 0 Å². The topological polar surface area (TPSA) is 40.1 Å². The fraction of sp³-hybridized carbons (Fsp3) is 1.00. The van der Waals surface area contributed by atoms with E-state index >= 15 is 0 Å². The first kappa shape index (κ1) is 16.6. The van der Waals surface area contributed by atoms with Crippen molar-refractivity contribution in [2.75, 3.05) is 39.5 Å². The third-order valence-corrected chi connectivity index (χ3v) is 2.68. The molecule has 0 radical (unpaired) electrons. The highest BCUT2D eigenvalue weighted by molar-refractivity contribution is 7.54. The lowest BCUT2D eigenvalue weighted by molar-refractivity contribution is -0.921. The minimum atomic E-state index is -2.89. The zero-order chi connectivity index (χ0) is 11.8. The first-order valence-electron chi connectivity index (χ1n) is 5.35. The third-order valence-electron chi connectivity index (χ3n) is 2.68. The van der Waals surface area contributed by atoms with E-state index in [0.717, 1.165) is 0 Å². The Balaban J connectivity index is 0. The van der Waals surface area contributed by atoms with Gasteiger partial charge in [0.05, 0.1) is 26.2 Å². The summed E-state index contributed by atoms with van der Waals surface area (Å²) in [7, 11) is -2.89. The van der Waals surface area contributed by atoms with Crippen molar-refractivity contribution in [3.8, 4) is 0 Å². The van der Waals surface area contributed by atoms with Crippen molar-refractivity contribution in [1.82, 2.24) is 0 Å². The minimum absolute atomic E-state index is 1.19. The Morgan fingerprint density at radius 2 is 1.07 bits per heavy atom. The van der Waals surface area contributed by atoms with Gasteiger partial charge in [0.1, 0.15) is 0 Å². The van der Waals surface area contributed by atoms with Gasteiger partial charge < -0.3 is 13.9 Å². The standard InChI is InChI=1S/C8H20N.C2H7O2P/c1-5-9(6-2,7-3)8-4;1-5(2,3)4/h5-8H2,1-4H3;1-2H3,(H,3,4)/q+1;/p-1. The summed E-state index contributed by atoms with van der Waals surface area (Å²) in [6.45, 7) is 16.6. The average Bonchev–Trinajstić information content (AvgIpc) is 2.07. The van der Waals surface area contributed by atoms with Crippen LogP contribution in [-0.2, 0) is 4.57 Å². The van der Waals surface area contributed by atoms with Crippen LogP contribution in [0.25, 0.3) is 0 Å². The summed E-state index contributed by atoms with van der Waals surface area (Å²) < 4.78 is 10.9. The molecular formula is C10H26NO2P. The van der Waals surface area contributed by atoms with E-state index in [1.807, 2.05) is 0 Å². The molecule has 0 aromatic rings. The van der Waals surface area contributed by atoms with Crippen LogP contribution in [0.2, 0.25) is 0 Å². The van der Waals surface area contributed by atoms with Gasteiger partial charge in [-0.3, -0.25) is 0 Å². The molecule has 0 aromatic heterocycles. The predicted octanol–water partition coefficient (Wildman–Crippen LogP) is 1.77. The molecule has 88 valence electrons. The fourth-order valence-electron chi connectivity index (χ4n) is 1.34. The lowest BCUT2D eigenvalue weighted by Crippen LogP contribution is -2.47. The van der Waals surface area contributed by atoms with Crippen LogP contribution in [0.1, 0.15) is 27.7 Å². The fourth-order valence-corrected chi connectivity index (χ4v) is 1.34. The molecular weight excluding hydrogens is 197 g/mol. The molecule has 0 N–H and O–H groups in total. The molecule has 0 bridgehead atoms. The molecule has 0 aliphatic carbocycles. The smallest absolute Gasteiger partial charge is 0.0757 e. The summed E-state index contributed by atoms with van der Waals surface area (Å²) in [6.07, 6.45) is 0. The highest BCUT2D eigenvalue weighted by Gasteiger charge is 2.16. The number of quaternary nitrogens is 1. The molecule has 3 nitrogen and oxygen atoms in total. The Morgan fingerprint density at radius 3 is 1.07 bits per heavy atom. The van der Waals surface area contributed by atoms with Crippen molar-refractivity contribution in [2.45, 2.75) is 27.7 Å². The van der Waals surface area contributed by atoms with E-state index in [9.17, 15) is 9.46 Å². The molecule has 0 aliphatic rings. The quantitative estimate of drug-likeness (QED) is 0.538. The summed E-state index contributed by atoms with van der Waals surface area (Å²) >= 11 is 0. The molecule has 0 rings (SSSR count). The summed E-state index contributed by atoms with van der Waals surface area (Å²) in [5, 5.41) is 0. The molecule has 0 saturated heterocycles. The Labute approximate surface area is 89.2 Å². The van der Waals surface area contributed by atoms with Gasteiger partial charge in [-0.25, -0.2) is 0 Å². The first-order valence-corrected chi connectivity index (χ1v) is 7.87. The van der Waals surface area contributed by atoms with Gasteiger partial charge in [0.15, 0.2) is 0 Å². The molecule has 0 saturated carbocycles. The molecule has 0 aliphatic heterocycles. The van der Waals surface area contributed by atoms with E-state index in [0.29, 0.717) is 0 Å². The molecule has 0 fully saturated rings. The Morgan fingerprint density at radius 1 is 0.929 bits per heavy atom. The van der Waals surface area contributed by atoms with E-state index in [1.54, 1.807) is 0 Å². The monoisotopic (exact) mass is 223 g/mol. The molecule has 0 heterocycles. The summed E-state index contributed by atoms with van der Waals surface area (Å²) in [6, 6.07) is 0. The molecule has 0 aromatic carbocycles. The van der Waals surface area contributed by atoms with E-state index in [1.165, 1.54) is 44.0 Å². The second-order valence-corrected chi connectivity index (χ2v) is 6.36. The largest absolute Gasteiger partial charge is 0.800 e. The van der Waals surface area contributed by atoms with Crippen molar-refractivity contribution in [2.24, 2.45) is 0 Å². The van der Waals surface area contributed by atoms with E-state index in [2.05, 4.69) is 27.7 Å². The molecule has 0 spiro atoms. The zero-order valence-electron chi connectivity index (χ0n) is 10.5. The zero-order valence-corrected chi connectivity index (χ0v) is 11.4. The molecule has 14 heavy (non-hydrogen) atoms. The van der Waals surface area contributed by atoms with Gasteiger partial charge in [-0.1, -0.05) is 0 Å². The summed E-state index contributed by atoms with van der Waals surface area (Å²) in [4.78, 5) is 9.66. The second-order valence-electron chi connectivity index (χ2n) is 3.86. The Kier molecular flexibility index (Phi) is 8.81. The maximum atomic E-state index is 9.66. The SMILES string of the molecule is CC[N+](CC)(CC)CC.CP(C)(=O)[O-]. The summed E-state index contributed by atoms with van der Waals surface area (Å²) in [5.41, 5.74) is 0. The van der Waals surface area contributed by atoms with Gasteiger partial charge >= 0.3 is 0 Å². The van der Waals surface area contributed by atoms with Crippen LogP contribution in [0.15, 0.2) is 0 Å². The van der Waals surface area contributed by atoms with E-state index in [-0.39, 0.29) is 0 Å². The molecule has 0 amide bonds. The molecule has 0 unspecified atom stereocenters. The number of hydrogen-bond acceptors (Lipinski definition) is 2. The van der Waals surface area contributed by atoms with E-state index in [4.69, 9.17) is 0 Å². The van der Waals surface area contributed by atoms with Crippen LogP contribution < -0.4 is 4.89 Å². The Hall–Kier alpha value is 0.150. The summed E-state index contributed by atoms with van der Waals surface area (Å²) in [5.74, 6) is 0. The van der Waals surface area contributed by atoms with Crippen molar-refractivity contribution >= 4 is 7.37 Å². The second kappa shape index (κ2) is 7.44. The lowest BCUT2D eigenvalue weighted by Gasteiger charge is -2.34. The van der Waals surface area contributed by atoms with E-state index < -0.39 is 7.37 Å². The number of hydrogen-bond donors (Lipinski definition) is 0. The van der Waals surface area contributed by atoms with Crippen LogP contribution in [-0.4, -0.2) is 44.0 Å². The minimum Gasteiger partial charge on any atom is -0.800 e. The highest BCUT2D eigenvalue weighted by Crippen LogP contribution is 2.20. The van der Waals surface area contributed by atoms with Crippen LogP contribution >= 0.6 is 7.37 Å². The van der Waals surface area contributed by atoms with Crippen LogP contribution in [0, 0.1) is 0 Å². The van der Waals surface area contributed by atoms with Crippen molar-refractivity contribution in [3.63, 3.8) is 0 Å². The number of nitrogens with zero attached hydrogens (tertiary/aromatic N) is 1. The first-order chi connectivity index (χ1) is 6.24. The third kappa shape index (κ3) is 10.2. The normalized spacial score (nSPS) is 11.9. The van der Waals surface area contributed by atoms with Gasteiger partial charge in [-0.2, -0.15) is 0 Å². The van der Waals surface area contributed by atoms with Gasteiger partial charge in [-0.05, 0) is 41.0 Å². The highest BCUT2D eigenvalue weighted by atomic mass is 31.2. The van der Waals surface area contributed by atoms with Gasteiger partial charge in [0.2, 0.25) is 0 Å². The lowest BCUT2D eigenvalue weighted by atomic mass is 10.3. The maximum absolute atomic E-state index is 9.66. The predicted molar refractivity (Wildman–Crippen MR) is 61.9 cm³/mol. The molecule has 4 heteroatoms. The van der Waals surface area contributed by atoms with Gasteiger partial charge in [0, 0.05) is 7.37 Å². The van der Waals surface area contributed by atoms with Gasteiger partial charge in [0.25, 0.3) is 0 Å². The average molecular weight is 223 g/mol. The van der Waals surface area contributed by atoms with Crippen LogP contribution in [0.4, 0.5) is 0 Å². The van der Waals surface area contributed by atoms with Crippen molar-refractivity contribution < 1.29 is 13.9 Å². The number of rotatable bonds is 4. The van der Waals surface area contributed by atoms with Crippen LogP contribution in [0.5, 0.6) is 0 Å². The van der Waals surface area contributed by atoms with Crippen molar-refractivity contribution in [3.05, 3.63) is 0 Å². The van der Waals surface area contributed by atoms with Crippen LogP contribution in [0.3, 0.4) is 0 Å². The maximum Gasteiger partial charge on any atom is 0.0757 e. The van der Waals surface area contributed by atoms with Gasteiger partial charge in [-0.15, -0.1) is 0 Å².